The van der Waals surface area contributed by atoms with E-state index in [1.165, 1.54) is 6.92 Å². The van der Waals surface area contributed by atoms with Crippen LogP contribution in [0.3, 0.4) is 0 Å². The van der Waals surface area contributed by atoms with Crippen molar-refractivity contribution in [2.75, 3.05) is 0 Å². The number of hydrogen-bond donors (Lipinski definition) is 0. The van der Waals surface area contributed by atoms with Crippen LogP contribution in [0.15, 0.2) is 12.2 Å². The molecule has 0 radical (unpaired) electrons. The second-order valence-corrected chi connectivity index (χ2v) is 4.30. The summed E-state index contributed by atoms with van der Waals surface area (Å²) >= 11 is 0. The van der Waals surface area contributed by atoms with Crippen LogP contribution in [0.5, 0.6) is 0 Å². The largest absolute Gasteiger partial charge is 0.336 e. The summed E-state index contributed by atoms with van der Waals surface area (Å²) < 4.78 is 0. The first-order chi connectivity index (χ1) is 8.32. The van der Waals surface area contributed by atoms with E-state index in [4.69, 9.17) is 4.84 Å². The van der Waals surface area contributed by atoms with E-state index in [0.29, 0.717) is 10.6 Å². The van der Waals surface area contributed by atoms with Crippen LogP contribution in [0.2, 0.25) is 0 Å². The van der Waals surface area contributed by atoms with Crippen molar-refractivity contribution in [2.24, 2.45) is 5.92 Å². The fourth-order valence-corrected chi connectivity index (χ4v) is 1.37. The van der Waals surface area contributed by atoms with Gasteiger partial charge in [-0.3, -0.25) is 14.4 Å². The second-order valence-electron chi connectivity index (χ2n) is 4.30. The van der Waals surface area contributed by atoms with Crippen molar-refractivity contribution in [3.63, 3.8) is 0 Å². The monoisotopic (exact) mass is 253 g/mol. The number of allylic oxidation sites excluding steroid dienone is 1. The van der Waals surface area contributed by atoms with Crippen molar-refractivity contribution in [3.8, 4) is 0 Å². The lowest BCUT2D eigenvalue weighted by Gasteiger charge is -2.15. The van der Waals surface area contributed by atoms with Gasteiger partial charge >= 0.3 is 5.97 Å². The van der Waals surface area contributed by atoms with E-state index in [0.717, 1.165) is 0 Å². The molecule has 1 aliphatic rings. The molecule has 6 heteroatoms. The Balaban J connectivity index is 2.55. The number of ketones is 1. The third-order valence-corrected chi connectivity index (χ3v) is 2.56. The summed E-state index contributed by atoms with van der Waals surface area (Å²) in [6.45, 7) is 6.52. The quantitative estimate of drug-likeness (QED) is 0.534. The Hall–Kier alpha value is -1.98. The molecule has 1 saturated heterocycles. The van der Waals surface area contributed by atoms with Gasteiger partial charge in [-0.15, -0.1) is 5.06 Å². The van der Waals surface area contributed by atoms with E-state index < -0.39 is 23.7 Å². The Morgan fingerprint density at radius 1 is 1.33 bits per heavy atom. The Morgan fingerprint density at radius 2 is 1.83 bits per heavy atom. The molecule has 0 aromatic carbocycles. The van der Waals surface area contributed by atoms with Crippen molar-refractivity contribution in [2.45, 2.75) is 33.1 Å². The van der Waals surface area contributed by atoms with Crippen LogP contribution >= 0.6 is 0 Å². The summed E-state index contributed by atoms with van der Waals surface area (Å²) in [5.74, 6) is -2.82. The normalized spacial score (nSPS) is 16.7. The van der Waals surface area contributed by atoms with Crippen molar-refractivity contribution < 1.29 is 24.0 Å². The molecular weight excluding hydrogens is 238 g/mol. The molecule has 0 aromatic heterocycles. The minimum Gasteiger partial charge on any atom is -0.330 e. The van der Waals surface area contributed by atoms with E-state index in [9.17, 15) is 19.2 Å². The lowest BCUT2D eigenvalue weighted by atomic mass is 10.0. The average Bonchev–Trinajstić information content (AvgIpc) is 2.60. The predicted octanol–water partition coefficient (Wildman–Crippen LogP) is 0.765. The first-order valence-corrected chi connectivity index (χ1v) is 5.59. The third kappa shape index (κ3) is 3.26. The molecule has 0 saturated carbocycles. The number of carbonyl (C=O) groups excluding carboxylic acids is 4. The van der Waals surface area contributed by atoms with Crippen molar-refractivity contribution >= 4 is 23.6 Å². The number of imide groups is 1. The molecule has 18 heavy (non-hydrogen) atoms. The highest BCUT2D eigenvalue weighted by molar-refractivity contribution is 6.02. The van der Waals surface area contributed by atoms with Crippen LogP contribution in [0.1, 0.15) is 33.1 Å². The number of hydrogen-bond acceptors (Lipinski definition) is 5. The van der Waals surface area contributed by atoms with Gasteiger partial charge in [0.15, 0.2) is 5.78 Å². The first-order valence-electron chi connectivity index (χ1n) is 5.59. The van der Waals surface area contributed by atoms with Gasteiger partial charge in [0.25, 0.3) is 11.8 Å². The van der Waals surface area contributed by atoms with Crippen LogP contribution < -0.4 is 0 Å². The summed E-state index contributed by atoms with van der Waals surface area (Å²) in [5, 5.41) is 0.476. The SMILES string of the molecule is C=C(C)C(=O)CC(C)C(=O)ON1C(=O)CCC1=O. The fourth-order valence-electron chi connectivity index (χ4n) is 1.37. The van der Waals surface area contributed by atoms with E-state index in [-0.39, 0.29) is 25.0 Å². The predicted molar refractivity (Wildman–Crippen MR) is 60.8 cm³/mol. The van der Waals surface area contributed by atoms with Gasteiger partial charge in [0, 0.05) is 19.3 Å². The molecule has 1 unspecified atom stereocenters. The summed E-state index contributed by atoms with van der Waals surface area (Å²) in [6.07, 6.45) is 0.0424. The number of amides is 2. The van der Waals surface area contributed by atoms with Gasteiger partial charge in [-0.25, -0.2) is 4.79 Å². The molecule has 1 atom stereocenters. The minimum absolute atomic E-state index is 0.0468. The van der Waals surface area contributed by atoms with Gasteiger partial charge in [-0.1, -0.05) is 13.5 Å². The van der Waals surface area contributed by atoms with Crippen LogP contribution in [-0.2, 0) is 24.0 Å². The molecule has 1 aliphatic heterocycles. The Bertz CT molecular complexity index is 410. The molecule has 98 valence electrons. The lowest BCUT2D eigenvalue weighted by Crippen LogP contribution is -2.34. The molecule has 1 rings (SSSR count). The van der Waals surface area contributed by atoms with Crippen LogP contribution in [0, 0.1) is 5.92 Å². The Labute approximate surface area is 105 Å². The zero-order valence-corrected chi connectivity index (χ0v) is 10.4. The molecular formula is C12H15NO5. The summed E-state index contributed by atoms with van der Waals surface area (Å²) in [6, 6.07) is 0. The number of hydroxylamine groups is 2. The van der Waals surface area contributed by atoms with Crippen molar-refractivity contribution in [3.05, 3.63) is 12.2 Å². The van der Waals surface area contributed by atoms with Crippen LogP contribution in [-0.4, -0.2) is 28.6 Å². The third-order valence-electron chi connectivity index (χ3n) is 2.56. The maximum Gasteiger partial charge on any atom is 0.336 e. The van der Waals surface area contributed by atoms with Gasteiger partial charge in [-0.05, 0) is 12.5 Å². The van der Waals surface area contributed by atoms with Gasteiger partial charge in [0.1, 0.15) is 0 Å². The standard InChI is InChI=1S/C12H15NO5/c1-7(2)9(14)6-8(3)12(17)18-13-10(15)4-5-11(13)16/h8H,1,4-6H2,2-3H3. The summed E-state index contributed by atoms with van der Waals surface area (Å²) in [5.41, 5.74) is 0.350. The summed E-state index contributed by atoms with van der Waals surface area (Å²) in [4.78, 5) is 50.1. The maximum absolute atomic E-state index is 11.6. The number of Topliss-reactive ketones (excluding diaryl/α,β-unsaturated/α-hetero) is 1. The molecule has 0 N–H and O–H groups in total. The fraction of sp³-hybridized carbons (Fsp3) is 0.500. The number of nitrogens with zero attached hydrogens (tertiary/aromatic N) is 1. The number of rotatable bonds is 5. The number of carbonyl (C=O) groups is 4. The van der Waals surface area contributed by atoms with Gasteiger partial charge in [-0.2, -0.15) is 0 Å². The average molecular weight is 253 g/mol. The van der Waals surface area contributed by atoms with Crippen molar-refractivity contribution in [1.29, 1.82) is 0 Å². The Morgan fingerprint density at radius 3 is 2.28 bits per heavy atom. The van der Waals surface area contributed by atoms with Gasteiger partial charge < -0.3 is 4.84 Å². The van der Waals surface area contributed by atoms with Gasteiger partial charge in [0.05, 0.1) is 5.92 Å². The maximum atomic E-state index is 11.6. The molecule has 0 aromatic rings. The molecule has 6 nitrogen and oxygen atoms in total. The van der Waals surface area contributed by atoms with E-state index in [1.54, 1.807) is 6.92 Å². The highest BCUT2D eigenvalue weighted by Crippen LogP contribution is 2.15. The highest BCUT2D eigenvalue weighted by atomic mass is 16.7. The van der Waals surface area contributed by atoms with Gasteiger partial charge in [0.2, 0.25) is 0 Å². The molecule has 0 aliphatic carbocycles. The lowest BCUT2D eigenvalue weighted by molar-refractivity contribution is -0.200. The van der Waals surface area contributed by atoms with E-state index in [1.807, 2.05) is 0 Å². The topological polar surface area (TPSA) is 80.8 Å². The molecule has 1 fully saturated rings. The zero-order chi connectivity index (χ0) is 13.9. The molecule has 0 bridgehead atoms. The minimum atomic E-state index is -0.770. The van der Waals surface area contributed by atoms with Crippen LogP contribution in [0.4, 0.5) is 0 Å². The molecule has 0 spiro atoms. The Kier molecular flexibility index (Phi) is 4.36. The van der Waals surface area contributed by atoms with E-state index in [2.05, 4.69) is 6.58 Å². The second kappa shape index (κ2) is 5.57. The van der Waals surface area contributed by atoms with Crippen LogP contribution in [0.25, 0.3) is 0 Å². The highest BCUT2D eigenvalue weighted by Gasteiger charge is 2.34. The molecule has 1 heterocycles. The van der Waals surface area contributed by atoms with Crippen molar-refractivity contribution in [1.82, 2.24) is 5.06 Å². The summed E-state index contributed by atoms with van der Waals surface area (Å²) in [7, 11) is 0. The van der Waals surface area contributed by atoms with E-state index >= 15 is 0 Å². The zero-order valence-electron chi connectivity index (χ0n) is 10.4. The smallest absolute Gasteiger partial charge is 0.330 e. The first kappa shape index (κ1) is 14.1. The molecule has 2 amide bonds.